The summed E-state index contributed by atoms with van der Waals surface area (Å²) in [5.41, 5.74) is 2.95. The van der Waals surface area contributed by atoms with Crippen LogP contribution in [-0.2, 0) is 0 Å². The molecule has 0 amide bonds. The number of nitrogens with one attached hydrogen (secondary N) is 1. The first kappa shape index (κ1) is 10.6. The van der Waals surface area contributed by atoms with Crippen LogP contribution < -0.4 is 10.2 Å². The molecular weight excluding hydrogens is 192 g/mol. The minimum absolute atomic E-state index is 0.235. The number of nitrogens with zero attached hydrogens (tertiary/aromatic N) is 3. The first-order chi connectivity index (χ1) is 7.31. The fourth-order valence-electron chi connectivity index (χ4n) is 0.928. The lowest BCUT2D eigenvalue weighted by molar-refractivity contribution is 0.416. The van der Waals surface area contributed by atoms with Gasteiger partial charge in [-0.2, -0.15) is 15.6 Å². The molecule has 1 aromatic rings. The molecule has 0 saturated heterocycles. The van der Waals surface area contributed by atoms with Gasteiger partial charge < -0.3 is 4.74 Å². The normalized spacial score (nSPS) is 8.20. The molecule has 0 saturated carbocycles. The molecule has 0 aromatic heterocycles. The summed E-state index contributed by atoms with van der Waals surface area (Å²) in [6.45, 7) is 0. The number of nitriles is 2. The van der Waals surface area contributed by atoms with Crippen molar-refractivity contribution in [1.82, 2.24) is 0 Å². The van der Waals surface area contributed by atoms with Gasteiger partial charge in [-0.25, -0.2) is 0 Å². The van der Waals surface area contributed by atoms with Crippen LogP contribution in [0.2, 0.25) is 0 Å². The van der Waals surface area contributed by atoms with Crippen molar-refractivity contribution in [3.8, 4) is 17.9 Å². The molecule has 0 atom stereocenters. The largest absolute Gasteiger partial charge is 0.495 e. The molecule has 1 rings (SSSR count). The summed E-state index contributed by atoms with van der Waals surface area (Å²) in [5.74, 6) is 0.594. The van der Waals surface area contributed by atoms with Gasteiger partial charge in [0.25, 0.3) is 0 Å². The maximum absolute atomic E-state index is 8.46. The molecular formula is C10H8N4O. The Kier molecular flexibility index (Phi) is 3.70. The molecule has 5 nitrogen and oxygen atoms in total. The van der Waals surface area contributed by atoms with Crippen molar-refractivity contribution < 1.29 is 4.74 Å². The van der Waals surface area contributed by atoms with Crippen LogP contribution in [0.3, 0.4) is 0 Å². The molecule has 0 spiro atoms. The van der Waals surface area contributed by atoms with E-state index in [0.29, 0.717) is 11.4 Å². The summed E-state index contributed by atoms with van der Waals surface area (Å²) in [4.78, 5) is 0. The first-order valence-electron chi connectivity index (χ1n) is 4.08. The molecule has 0 bridgehead atoms. The SMILES string of the molecule is COc1ccccc1NN=C(C#N)C#N. The predicted octanol–water partition coefficient (Wildman–Crippen LogP) is 1.51. The van der Waals surface area contributed by atoms with Gasteiger partial charge in [0.2, 0.25) is 5.71 Å². The molecule has 0 radical (unpaired) electrons. The van der Waals surface area contributed by atoms with Gasteiger partial charge >= 0.3 is 0 Å². The van der Waals surface area contributed by atoms with Gasteiger partial charge in [-0.05, 0) is 12.1 Å². The van der Waals surface area contributed by atoms with Crippen LogP contribution in [0.25, 0.3) is 0 Å². The third-order valence-electron chi connectivity index (χ3n) is 1.61. The standard InChI is InChI=1S/C10H8N4O/c1-15-10-5-3-2-4-9(10)14-13-8(6-11)7-12/h2-5,14H,1H3. The molecule has 0 heterocycles. The molecule has 74 valence electrons. The molecule has 0 unspecified atom stereocenters. The second-order valence-corrected chi connectivity index (χ2v) is 2.50. The highest BCUT2D eigenvalue weighted by Crippen LogP contribution is 2.22. The second kappa shape index (κ2) is 5.25. The van der Waals surface area contributed by atoms with Crippen molar-refractivity contribution in [3.05, 3.63) is 24.3 Å². The van der Waals surface area contributed by atoms with Crippen LogP contribution in [0.1, 0.15) is 0 Å². The van der Waals surface area contributed by atoms with Crippen molar-refractivity contribution in [2.75, 3.05) is 12.5 Å². The zero-order valence-corrected chi connectivity index (χ0v) is 8.06. The lowest BCUT2D eigenvalue weighted by Gasteiger charge is -2.05. The summed E-state index contributed by atoms with van der Waals surface area (Å²) in [6, 6.07) is 10.4. The Morgan fingerprint density at radius 3 is 2.60 bits per heavy atom. The van der Waals surface area contributed by atoms with Crippen LogP contribution in [0, 0.1) is 22.7 Å². The van der Waals surface area contributed by atoms with E-state index in [-0.39, 0.29) is 5.71 Å². The first-order valence-corrected chi connectivity index (χ1v) is 4.08. The smallest absolute Gasteiger partial charge is 0.237 e. The number of para-hydroxylation sites is 2. The monoisotopic (exact) mass is 200 g/mol. The lowest BCUT2D eigenvalue weighted by Crippen LogP contribution is -1.98. The van der Waals surface area contributed by atoms with E-state index in [0.717, 1.165) is 0 Å². The highest BCUT2D eigenvalue weighted by atomic mass is 16.5. The average molecular weight is 200 g/mol. The molecule has 0 aliphatic rings. The Balaban J connectivity index is 2.87. The fourth-order valence-corrected chi connectivity index (χ4v) is 0.928. The van der Waals surface area contributed by atoms with Crippen molar-refractivity contribution >= 4 is 11.4 Å². The number of methoxy groups -OCH3 is 1. The Morgan fingerprint density at radius 2 is 2.00 bits per heavy atom. The number of hydrogen-bond acceptors (Lipinski definition) is 5. The molecule has 0 fully saturated rings. The number of rotatable bonds is 3. The van der Waals surface area contributed by atoms with Crippen molar-refractivity contribution in [1.29, 1.82) is 10.5 Å². The fraction of sp³-hybridized carbons (Fsp3) is 0.100. The van der Waals surface area contributed by atoms with Gasteiger partial charge in [-0.3, -0.25) is 5.43 Å². The molecule has 0 aliphatic heterocycles. The van der Waals surface area contributed by atoms with E-state index in [1.54, 1.807) is 30.3 Å². The summed E-state index contributed by atoms with van der Waals surface area (Å²) in [6.07, 6.45) is 0. The van der Waals surface area contributed by atoms with Gasteiger partial charge in [0, 0.05) is 0 Å². The Morgan fingerprint density at radius 1 is 1.33 bits per heavy atom. The van der Waals surface area contributed by atoms with E-state index < -0.39 is 0 Å². The van der Waals surface area contributed by atoms with Gasteiger partial charge in [0.05, 0.1) is 12.8 Å². The lowest BCUT2D eigenvalue weighted by atomic mass is 10.3. The minimum Gasteiger partial charge on any atom is -0.495 e. The van der Waals surface area contributed by atoms with Crippen molar-refractivity contribution in [2.45, 2.75) is 0 Å². The van der Waals surface area contributed by atoms with E-state index in [4.69, 9.17) is 15.3 Å². The van der Waals surface area contributed by atoms with Gasteiger partial charge in [-0.1, -0.05) is 12.1 Å². The van der Waals surface area contributed by atoms with Crippen LogP contribution >= 0.6 is 0 Å². The Bertz CT molecular complexity index is 437. The van der Waals surface area contributed by atoms with E-state index in [9.17, 15) is 0 Å². The van der Waals surface area contributed by atoms with Crippen LogP contribution in [0.4, 0.5) is 5.69 Å². The summed E-state index contributed by atoms with van der Waals surface area (Å²) in [7, 11) is 1.53. The Hall–Kier alpha value is -2.53. The minimum atomic E-state index is -0.235. The number of hydrazone groups is 1. The predicted molar refractivity (Wildman–Crippen MR) is 55.3 cm³/mol. The van der Waals surface area contributed by atoms with Gasteiger partial charge in [0.1, 0.15) is 17.9 Å². The third-order valence-corrected chi connectivity index (χ3v) is 1.61. The third kappa shape index (κ3) is 2.71. The van der Waals surface area contributed by atoms with Crippen LogP contribution in [-0.4, -0.2) is 12.8 Å². The molecule has 1 aromatic carbocycles. The van der Waals surface area contributed by atoms with Gasteiger partial charge in [0.15, 0.2) is 0 Å². The maximum Gasteiger partial charge on any atom is 0.237 e. The molecule has 1 N–H and O–H groups in total. The molecule has 5 heteroatoms. The molecule has 15 heavy (non-hydrogen) atoms. The Labute approximate surface area is 87.2 Å². The van der Waals surface area contributed by atoms with Crippen LogP contribution in [0.5, 0.6) is 5.75 Å². The maximum atomic E-state index is 8.46. The average Bonchev–Trinajstić information content (AvgIpc) is 2.31. The van der Waals surface area contributed by atoms with Crippen molar-refractivity contribution in [2.24, 2.45) is 5.10 Å². The van der Waals surface area contributed by atoms with E-state index in [1.807, 2.05) is 6.07 Å². The van der Waals surface area contributed by atoms with Gasteiger partial charge in [-0.15, -0.1) is 0 Å². The topological polar surface area (TPSA) is 81.2 Å². The number of ether oxygens (including phenoxy) is 1. The van der Waals surface area contributed by atoms with Crippen LogP contribution in [0.15, 0.2) is 29.4 Å². The van der Waals surface area contributed by atoms with E-state index >= 15 is 0 Å². The number of hydrogen-bond donors (Lipinski definition) is 1. The highest BCUT2D eigenvalue weighted by Gasteiger charge is 2.00. The summed E-state index contributed by atoms with van der Waals surface area (Å²) >= 11 is 0. The summed E-state index contributed by atoms with van der Waals surface area (Å²) < 4.78 is 5.05. The zero-order chi connectivity index (χ0) is 11.1. The zero-order valence-electron chi connectivity index (χ0n) is 8.06. The highest BCUT2D eigenvalue weighted by molar-refractivity contribution is 6.10. The molecule has 0 aliphatic carbocycles. The quantitative estimate of drug-likeness (QED) is 0.592. The second-order valence-electron chi connectivity index (χ2n) is 2.50. The van der Waals surface area contributed by atoms with Crippen molar-refractivity contribution in [3.63, 3.8) is 0 Å². The van der Waals surface area contributed by atoms with E-state index in [1.165, 1.54) is 7.11 Å². The number of anilines is 1. The van der Waals surface area contributed by atoms with E-state index in [2.05, 4.69) is 10.5 Å². The number of benzene rings is 1. The summed E-state index contributed by atoms with van der Waals surface area (Å²) in [5, 5.41) is 20.5.